The fourth-order valence-corrected chi connectivity index (χ4v) is 30.6. The summed E-state index contributed by atoms with van der Waals surface area (Å²) in [5.41, 5.74) is 0. The first-order chi connectivity index (χ1) is 44.5. The molecule has 0 fully saturated rings. The minimum Gasteiger partial charge on any atom is -0.224 e. The smallest absolute Gasteiger partial charge is 0.181 e. The van der Waals surface area contributed by atoms with Crippen molar-refractivity contribution in [3.63, 3.8) is 0 Å². The molecule has 92 heavy (non-hydrogen) atoms. The summed E-state index contributed by atoms with van der Waals surface area (Å²) < 4.78 is 128. The van der Waals surface area contributed by atoms with Crippen LogP contribution in [0.1, 0.15) is 233 Å². The van der Waals surface area contributed by atoms with Gasteiger partial charge in [-0.15, -0.1) is 90.7 Å². The standard InChI is InChI=1S/C72H98O8S12/c1-5-9-13-17-21-25-29-33-51-89(73,74)69-65(63-47-45-61(85-63)59-43-41-57(83-59)55-39-37-49-81-55)87-67(71(69)91(77,78)53-35-31-27-23-19-15-11-7-3)68-72(92(79,80)54-36-32-28-24-20-16-12-8-4)70(90(75,76)52-34-30-26-22-18-14-10-6-2)66(88-68)64-48-46-62(86-64)60-44-42-58(84-60)56-40-38-50-82-56/h37-50H,5-36,51-54H2,1-4H3. The Bertz CT molecular complexity index is 3660. The van der Waals surface area contributed by atoms with E-state index in [1.165, 1.54) is 22.7 Å². The maximum atomic E-state index is 16.0. The average Bonchev–Trinajstić information content (AvgIpc) is 1.55. The monoisotopic (exact) mass is 1470 g/mol. The highest BCUT2D eigenvalue weighted by atomic mass is 32.2. The zero-order valence-corrected chi connectivity index (χ0v) is 64.5. The summed E-state index contributed by atoms with van der Waals surface area (Å²) in [6.45, 7) is 8.72. The van der Waals surface area contributed by atoms with Gasteiger partial charge in [0.2, 0.25) is 0 Å². The molecule has 0 amide bonds. The summed E-state index contributed by atoms with van der Waals surface area (Å²) in [6.07, 6.45) is 28.9. The first kappa shape index (κ1) is 75.2. The van der Waals surface area contributed by atoms with E-state index in [4.69, 9.17) is 0 Å². The Labute approximate surface area is 585 Å². The molecule has 0 aliphatic carbocycles. The number of hydrogen-bond donors (Lipinski definition) is 0. The molecule has 8 aromatic rings. The minimum atomic E-state index is -4.53. The van der Waals surface area contributed by atoms with Gasteiger partial charge in [0.1, 0.15) is 19.6 Å². The molecule has 0 aromatic carbocycles. The van der Waals surface area contributed by atoms with Crippen molar-refractivity contribution < 1.29 is 33.7 Å². The third-order valence-electron chi connectivity index (χ3n) is 17.0. The van der Waals surface area contributed by atoms with Crippen molar-refractivity contribution in [3.8, 4) is 68.3 Å². The Hall–Kier alpha value is -2.60. The highest BCUT2D eigenvalue weighted by molar-refractivity contribution is 7.96. The largest absolute Gasteiger partial charge is 0.224 e. The van der Waals surface area contributed by atoms with Gasteiger partial charge in [-0.2, -0.15) is 0 Å². The van der Waals surface area contributed by atoms with E-state index in [0.717, 1.165) is 216 Å². The lowest BCUT2D eigenvalue weighted by Crippen LogP contribution is -2.16. The lowest BCUT2D eigenvalue weighted by molar-refractivity contribution is 0.565. The lowest BCUT2D eigenvalue weighted by Gasteiger charge is -2.13. The second-order valence-electron chi connectivity index (χ2n) is 24.6. The number of sulfone groups is 4. The fourth-order valence-electron chi connectivity index (χ4n) is 11.9. The first-order valence-electron chi connectivity index (χ1n) is 34.3. The van der Waals surface area contributed by atoms with E-state index < -0.39 is 39.3 Å². The van der Waals surface area contributed by atoms with Gasteiger partial charge in [0.05, 0.1) is 42.5 Å². The van der Waals surface area contributed by atoms with Gasteiger partial charge in [-0.1, -0.05) is 220 Å². The summed E-state index contributed by atoms with van der Waals surface area (Å²) in [7, 11) is -17.9. The number of hydrogen-bond acceptors (Lipinski definition) is 16. The van der Waals surface area contributed by atoms with E-state index >= 15 is 33.7 Å². The Morgan fingerprint density at radius 1 is 0.228 bits per heavy atom. The molecule has 0 spiro atoms. The summed E-state index contributed by atoms with van der Waals surface area (Å²) >= 11 is 11.4. The van der Waals surface area contributed by atoms with Crippen molar-refractivity contribution in [2.75, 3.05) is 23.0 Å². The second-order valence-corrected chi connectivity index (χ2v) is 41.1. The maximum absolute atomic E-state index is 16.0. The number of rotatable bonds is 47. The summed E-state index contributed by atoms with van der Waals surface area (Å²) in [6, 6.07) is 24.2. The van der Waals surface area contributed by atoms with Crippen molar-refractivity contribution in [3.05, 3.63) is 83.6 Å². The molecule has 8 heterocycles. The fraction of sp³-hybridized carbons (Fsp3) is 0.556. The predicted molar refractivity (Wildman–Crippen MR) is 406 cm³/mol. The second kappa shape index (κ2) is 37.9. The molecule has 20 heteroatoms. The van der Waals surface area contributed by atoms with Crippen LogP contribution in [-0.4, -0.2) is 56.7 Å². The van der Waals surface area contributed by atoms with Crippen LogP contribution in [0.15, 0.2) is 103 Å². The quantitative estimate of drug-likeness (QED) is 0.0344. The van der Waals surface area contributed by atoms with Crippen molar-refractivity contribution in [1.29, 1.82) is 0 Å². The highest BCUT2D eigenvalue weighted by Gasteiger charge is 2.43. The molecule has 0 atom stereocenters. The topological polar surface area (TPSA) is 137 Å². The maximum Gasteiger partial charge on any atom is 0.181 e. The molecule has 0 aliphatic heterocycles. The summed E-state index contributed by atoms with van der Waals surface area (Å²) in [5, 5.41) is 4.10. The van der Waals surface area contributed by atoms with Gasteiger partial charge in [0, 0.05) is 48.8 Å². The molecule has 0 aliphatic rings. The zero-order chi connectivity index (χ0) is 65.4. The van der Waals surface area contributed by atoms with Crippen LogP contribution in [0, 0.1) is 0 Å². The molecule has 0 N–H and O–H groups in total. The number of unbranched alkanes of at least 4 members (excludes halogenated alkanes) is 28. The Balaban J connectivity index is 1.35. The lowest BCUT2D eigenvalue weighted by atomic mass is 10.1. The van der Waals surface area contributed by atoms with Gasteiger partial charge in [-0.05, 0) is 97.1 Å². The molecule has 0 saturated carbocycles. The SMILES string of the molecule is CCCCCCCCCCS(=O)(=O)c1c(-c2ccc(-c3ccc(-c4cccs4)s3)s2)sc(-c2sc(-c3ccc(-c4ccc(-c5cccs5)s4)s3)c(S(=O)(=O)CCCCCCCCCC)c2S(=O)(=O)CCCCCCCCCC)c1S(=O)(=O)CCCCCCCCCC. The van der Waals surface area contributed by atoms with E-state index in [1.54, 1.807) is 45.3 Å². The third-order valence-corrected chi connectivity index (χ3v) is 35.0. The van der Waals surface area contributed by atoms with Crippen LogP contribution in [0.3, 0.4) is 0 Å². The van der Waals surface area contributed by atoms with Gasteiger partial charge in [0.15, 0.2) is 39.3 Å². The van der Waals surface area contributed by atoms with Crippen LogP contribution < -0.4 is 0 Å². The Kier molecular flexibility index (Phi) is 31.0. The molecule has 0 unspecified atom stereocenters. The van der Waals surface area contributed by atoms with Crippen molar-refractivity contribution in [1.82, 2.24) is 0 Å². The van der Waals surface area contributed by atoms with Crippen molar-refractivity contribution in [2.24, 2.45) is 0 Å². The Morgan fingerprint density at radius 3 is 0.674 bits per heavy atom. The van der Waals surface area contributed by atoms with E-state index in [-0.39, 0.29) is 62.1 Å². The molecule has 8 rings (SSSR count). The van der Waals surface area contributed by atoms with Crippen LogP contribution in [-0.2, 0) is 39.3 Å². The van der Waals surface area contributed by atoms with E-state index in [1.807, 2.05) is 47.2 Å². The average molecular weight is 1480 g/mol. The normalized spacial score (nSPS) is 12.5. The van der Waals surface area contributed by atoms with Crippen LogP contribution >= 0.6 is 90.7 Å². The molecule has 0 saturated heterocycles. The van der Waals surface area contributed by atoms with E-state index in [2.05, 4.69) is 64.1 Å². The predicted octanol–water partition coefficient (Wildman–Crippen LogP) is 25.5. The van der Waals surface area contributed by atoms with Gasteiger partial charge in [-0.25, -0.2) is 33.7 Å². The molecule has 506 valence electrons. The van der Waals surface area contributed by atoms with Gasteiger partial charge in [0.25, 0.3) is 0 Å². The van der Waals surface area contributed by atoms with E-state index in [9.17, 15) is 0 Å². The molecular weight excluding hydrogens is 1380 g/mol. The summed E-state index contributed by atoms with van der Waals surface area (Å²) in [5.74, 6) is -1.25. The van der Waals surface area contributed by atoms with Crippen LogP contribution in [0.4, 0.5) is 0 Å². The molecule has 8 nitrogen and oxygen atoms in total. The van der Waals surface area contributed by atoms with Gasteiger partial charge < -0.3 is 0 Å². The third kappa shape index (κ3) is 21.2. The van der Waals surface area contributed by atoms with Gasteiger partial charge >= 0.3 is 0 Å². The molecule has 0 radical (unpaired) electrons. The van der Waals surface area contributed by atoms with Crippen molar-refractivity contribution >= 4 is 130 Å². The summed E-state index contributed by atoms with van der Waals surface area (Å²) in [4.78, 5) is 8.55. The van der Waals surface area contributed by atoms with Crippen LogP contribution in [0.25, 0.3) is 68.3 Å². The number of thiophene rings is 8. The van der Waals surface area contributed by atoms with Crippen LogP contribution in [0.2, 0.25) is 0 Å². The van der Waals surface area contributed by atoms with Crippen molar-refractivity contribution in [2.45, 2.75) is 253 Å². The zero-order valence-electron chi connectivity index (χ0n) is 54.7. The highest BCUT2D eigenvalue weighted by Crippen LogP contribution is 2.58. The van der Waals surface area contributed by atoms with Gasteiger partial charge in [-0.3, -0.25) is 0 Å². The van der Waals surface area contributed by atoms with Crippen LogP contribution in [0.5, 0.6) is 0 Å². The first-order valence-corrected chi connectivity index (χ1v) is 47.5. The molecular formula is C72H98O8S12. The van der Waals surface area contributed by atoms with E-state index in [0.29, 0.717) is 61.1 Å². The minimum absolute atomic E-state index is 0.00465. The Morgan fingerprint density at radius 2 is 0.435 bits per heavy atom. The molecule has 8 aromatic heterocycles. The molecule has 0 bridgehead atoms.